The molecule has 0 fully saturated rings. The van der Waals surface area contributed by atoms with Crippen molar-refractivity contribution in [2.24, 2.45) is 0 Å². The quantitative estimate of drug-likeness (QED) is 0.750. The molecule has 108 valence electrons. The molecule has 22 heavy (non-hydrogen) atoms. The van der Waals surface area contributed by atoms with E-state index in [9.17, 15) is 0 Å². The SMILES string of the molecule is Cc1cn(-c2ccc(N)cc2Oc2cccc(C#N)c2)cn1. The van der Waals surface area contributed by atoms with Crippen molar-refractivity contribution in [1.82, 2.24) is 9.55 Å². The molecular weight excluding hydrogens is 276 g/mol. The lowest BCUT2D eigenvalue weighted by Crippen LogP contribution is -1.97. The maximum atomic E-state index is 8.97. The molecule has 0 aliphatic carbocycles. The van der Waals surface area contributed by atoms with Gasteiger partial charge in [-0.25, -0.2) is 4.98 Å². The van der Waals surface area contributed by atoms with Crippen LogP contribution in [0.2, 0.25) is 0 Å². The van der Waals surface area contributed by atoms with E-state index in [-0.39, 0.29) is 0 Å². The summed E-state index contributed by atoms with van der Waals surface area (Å²) in [4.78, 5) is 4.22. The van der Waals surface area contributed by atoms with Gasteiger partial charge in [0.05, 0.1) is 29.3 Å². The third kappa shape index (κ3) is 2.76. The molecule has 0 aliphatic heterocycles. The maximum Gasteiger partial charge on any atom is 0.153 e. The molecule has 0 aliphatic rings. The molecule has 0 unspecified atom stereocenters. The Kier molecular flexibility index (Phi) is 3.50. The highest BCUT2D eigenvalue weighted by atomic mass is 16.5. The number of hydrogen-bond donors (Lipinski definition) is 1. The molecule has 0 bridgehead atoms. The van der Waals surface area contributed by atoms with E-state index in [2.05, 4.69) is 11.1 Å². The normalized spacial score (nSPS) is 10.2. The zero-order valence-electron chi connectivity index (χ0n) is 12.0. The number of hydrogen-bond acceptors (Lipinski definition) is 4. The highest BCUT2D eigenvalue weighted by molar-refractivity contribution is 5.57. The highest BCUT2D eigenvalue weighted by Crippen LogP contribution is 2.30. The number of ether oxygens (including phenoxy) is 1. The minimum atomic E-state index is 0.543. The van der Waals surface area contributed by atoms with E-state index in [0.29, 0.717) is 22.7 Å². The van der Waals surface area contributed by atoms with E-state index in [1.807, 2.05) is 29.8 Å². The number of nitrogens with two attached hydrogens (primary N) is 1. The van der Waals surface area contributed by atoms with Crippen LogP contribution in [0.1, 0.15) is 11.3 Å². The van der Waals surface area contributed by atoms with Gasteiger partial charge < -0.3 is 15.0 Å². The topological polar surface area (TPSA) is 76.9 Å². The second-order valence-electron chi connectivity index (χ2n) is 4.89. The van der Waals surface area contributed by atoms with E-state index in [1.54, 1.807) is 36.7 Å². The van der Waals surface area contributed by atoms with Crippen LogP contribution in [0, 0.1) is 18.3 Å². The van der Waals surface area contributed by atoms with Gasteiger partial charge in [0.1, 0.15) is 5.75 Å². The van der Waals surface area contributed by atoms with Crippen molar-refractivity contribution in [2.75, 3.05) is 5.73 Å². The van der Waals surface area contributed by atoms with Gasteiger partial charge in [-0.3, -0.25) is 0 Å². The molecule has 2 aromatic carbocycles. The van der Waals surface area contributed by atoms with Crippen molar-refractivity contribution in [3.05, 3.63) is 66.2 Å². The number of anilines is 1. The standard InChI is InChI=1S/C17H14N4O/c1-12-10-21(11-20-12)16-6-5-14(19)8-17(16)22-15-4-2-3-13(7-15)9-18/h2-8,10-11H,19H2,1H3. The first-order valence-electron chi connectivity index (χ1n) is 6.74. The largest absolute Gasteiger partial charge is 0.455 e. The Morgan fingerprint density at radius 1 is 1.23 bits per heavy atom. The Bertz CT molecular complexity index is 861. The van der Waals surface area contributed by atoms with Crippen LogP contribution < -0.4 is 10.5 Å². The Hall–Kier alpha value is -3.26. The van der Waals surface area contributed by atoms with Crippen LogP contribution >= 0.6 is 0 Å². The van der Waals surface area contributed by atoms with Crippen LogP contribution in [0.4, 0.5) is 5.69 Å². The summed E-state index contributed by atoms with van der Waals surface area (Å²) in [7, 11) is 0. The van der Waals surface area contributed by atoms with Gasteiger partial charge in [0.15, 0.2) is 5.75 Å². The molecule has 0 saturated heterocycles. The van der Waals surface area contributed by atoms with Crippen molar-refractivity contribution in [1.29, 1.82) is 5.26 Å². The van der Waals surface area contributed by atoms with Crippen molar-refractivity contribution >= 4 is 5.69 Å². The Balaban J connectivity index is 2.02. The van der Waals surface area contributed by atoms with Gasteiger partial charge in [-0.05, 0) is 37.3 Å². The lowest BCUT2D eigenvalue weighted by molar-refractivity contribution is 0.480. The molecule has 0 radical (unpaired) electrons. The number of benzene rings is 2. The van der Waals surface area contributed by atoms with Gasteiger partial charge in [0, 0.05) is 18.0 Å². The molecule has 2 N–H and O–H groups in total. The zero-order chi connectivity index (χ0) is 15.5. The van der Waals surface area contributed by atoms with E-state index in [1.165, 1.54) is 0 Å². The van der Waals surface area contributed by atoms with Crippen LogP contribution in [-0.2, 0) is 0 Å². The minimum Gasteiger partial charge on any atom is -0.455 e. The van der Waals surface area contributed by atoms with Crippen LogP contribution in [0.15, 0.2) is 55.0 Å². The zero-order valence-corrected chi connectivity index (χ0v) is 12.0. The first-order chi connectivity index (χ1) is 10.7. The highest BCUT2D eigenvalue weighted by Gasteiger charge is 2.09. The molecular formula is C17H14N4O. The maximum absolute atomic E-state index is 8.97. The fraction of sp³-hybridized carbons (Fsp3) is 0.0588. The van der Waals surface area contributed by atoms with Gasteiger partial charge in [0.2, 0.25) is 0 Å². The summed E-state index contributed by atoms with van der Waals surface area (Å²) < 4.78 is 7.79. The number of imidazole rings is 1. The number of nitrogen functional groups attached to an aromatic ring is 1. The van der Waals surface area contributed by atoms with Crippen LogP contribution in [-0.4, -0.2) is 9.55 Å². The van der Waals surface area contributed by atoms with Crippen LogP contribution in [0.3, 0.4) is 0 Å². The van der Waals surface area contributed by atoms with Gasteiger partial charge in [-0.15, -0.1) is 0 Å². The molecule has 3 aromatic rings. The Labute approximate surface area is 128 Å². The molecule has 0 saturated carbocycles. The molecule has 0 atom stereocenters. The number of aromatic nitrogens is 2. The lowest BCUT2D eigenvalue weighted by atomic mass is 10.2. The van der Waals surface area contributed by atoms with Crippen LogP contribution in [0.25, 0.3) is 5.69 Å². The average molecular weight is 290 g/mol. The molecule has 5 nitrogen and oxygen atoms in total. The molecule has 3 rings (SSSR count). The van der Waals surface area contributed by atoms with Gasteiger partial charge >= 0.3 is 0 Å². The summed E-state index contributed by atoms with van der Waals surface area (Å²) in [5.41, 5.74) is 8.75. The predicted octanol–water partition coefficient (Wildman–Crippen LogP) is 3.43. The molecule has 0 amide bonds. The second kappa shape index (κ2) is 5.62. The fourth-order valence-electron chi connectivity index (χ4n) is 2.13. The minimum absolute atomic E-state index is 0.543. The third-order valence-electron chi connectivity index (χ3n) is 3.16. The van der Waals surface area contributed by atoms with Gasteiger partial charge in [0.25, 0.3) is 0 Å². The molecule has 1 aromatic heterocycles. The number of aryl methyl sites for hydroxylation is 1. The molecule has 0 spiro atoms. The number of nitrogens with zero attached hydrogens (tertiary/aromatic N) is 3. The monoisotopic (exact) mass is 290 g/mol. The van der Waals surface area contributed by atoms with Crippen molar-refractivity contribution in [3.63, 3.8) is 0 Å². The van der Waals surface area contributed by atoms with Gasteiger partial charge in [-0.1, -0.05) is 6.07 Å². The number of nitriles is 1. The average Bonchev–Trinajstić information content (AvgIpc) is 2.94. The summed E-state index contributed by atoms with van der Waals surface area (Å²) in [5, 5.41) is 8.97. The lowest BCUT2D eigenvalue weighted by Gasteiger charge is -2.12. The van der Waals surface area contributed by atoms with Crippen molar-refractivity contribution in [2.45, 2.75) is 6.92 Å². The molecule has 5 heteroatoms. The smallest absolute Gasteiger partial charge is 0.153 e. The number of rotatable bonds is 3. The first-order valence-corrected chi connectivity index (χ1v) is 6.74. The first kappa shape index (κ1) is 13.7. The summed E-state index contributed by atoms with van der Waals surface area (Å²) in [6.07, 6.45) is 3.63. The summed E-state index contributed by atoms with van der Waals surface area (Å²) in [6, 6.07) is 14.5. The molecule has 1 heterocycles. The summed E-state index contributed by atoms with van der Waals surface area (Å²) in [5.74, 6) is 1.19. The Morgan fingerprint density at radius 2 is 2.09 bits per heavy atom. The third-order valence-corrected chi connectivity index (χ3v) is 3.16. The van der Waals surface area contributed by atoms with E-state index in [0.717, 1.165) is 11.4 Å². The van der Waals surface area contributed by atoms with E-state index in [4.69, 9.17) is 15.7 Å². The fourth-order valence-corrected chi connectivity index (χ4v) is 2.13. The van der Waals surface area contributed by atoms with Crippen molar-refractivity contribution < 1.29 is 4.74 Å². The van der Waals surface area contributed by atoms with Gasteiger partial charge in [-0.2, -0.15) is 5.26 Å². The van der Waals surface area contributed by atoms with E-state index < -0.39 is 0 Å². The second-order valence-corrected chi connectivity index (χ2v) is 4.89. The summed E-state index contributed by atoms with van der Waals surface area (Å²) >= 11 is 0. The summed E-state index contributed by atoms with van der Waals surface area (Å²) in [6.45, 7) is 1.92. The Morgan fingerprint density at radius 3 is 2.82 bits per heavy atom. The van der Waals surface area contributed by atoms with E-state index >= 15 is 0 Å². The van der Waals surface area contributed by atoms with Crippen LogP contribution in [0.5, 0.6) is 11.5 Å². The van der Waals surface area contributed by atoms with Crippen molar-refractivity contribution in [3.8, 4) is 23.3 Å². The predicted molar refractivity (Wildman–Crippen MR) is 83.9 cm³/mol.